The van der Waals surface area contributed by atoms with Crippen LogP contribution in [0.15, 0.2) is 47.6 Å². The number of carbonyl (C=O) groups is 1. The van der Waals surface area contributed by atoms with Gasteiger partial charge in [0.1, 0.15) is 5.75 Å². The van der Waals surface area contributed by atoms with Crippen LogP contribution in [0, 0.1) is 6.92 Å². The van der Waals surface area contributed by atoms with Gasteiger partial charge in [0.25, 0.3) is 5.91 Å². The maximum Gasteiger partial charge on any atom is 0.275 e. The Morgan fingerprint density at radius 2 is 1.97 bits per heavy atom. The third-order valence-corrected chi connectivity index (χ3v) is 5.43. The molecule has 2 aromatic carbocycles. The zero-order valence-electron chi connectivity index (χ0n) is 18.7. The highest BCUT2D eigenvalue weighted by atomic mass is 16.5. The molecule has 5 heteroatoms. The van der Waals surface area contributed by atoms with E-state index < -0.39 is 0 Å². The van der Waals surface area contributed by atoms with E-state index in [1.165, 1.54) is 16.8 Å². The number of aryl methyl sites for hydroxylation is 1. The van der Waals surface area contributed by atoms with E-state index in [1.807, 2.05) is 25.1 Å². The molecular weight excluding hydrogens is 374 g/mol. The topological polar surface area (TPSA) is 53.9 Å². The van der Waals surface area contributed by atoms with E-state index in [0.717, 1.165) is 24.1 Å². The van der Waals surface area contributed by atoms with Crippen LogP contribution in [0.5, 0.6) is 5.75 Å². The van der Waals surface area contributed by atoms with Crippen molar-refractivity contribution in [2.24, 2.45) is 5.10 Å². The van der Waals surface area contributed by atoms with Gasteiger partial charge in [-0.3, -0.25) is 4.79 Å². The first-order valence-corrected chi connectivity index (χ1v) is 10.4. The van der Waals surface area contributed by atoms with Crippen LogP contribution in [-0.4, -0.2) is 31.3 Å². The molecule has 0 bridgehead atoms. The van der Waals surface area contributed by atoms with E-state index in [2.05, 4.69) is 61.3 Å². The molecule has 5 nitrogen and oxygen atoms in total. The second kappa shape index (κ2) is 8.74. The molecule has 158 valence electrons. The van der Waals surface area contributed by atoms with Gasteiger partial charge in [-0.25, -0.2) is 5.43 Å². The molecule has 1 amide bonds. The molecule has 0 aromatic heterocycles. The summed E-state index contributed by atoms with van der Waals surface area (Å²) in [6.07, 6.45) is 5.08. The van der Waals surface area contributed by atoms with Crippen molar-refractivity contribution in [1.82, 2.24) is 5.43 Å². The Hall–Kier alpha value is -3.08. The second-order valence-electron chi connectivity index (χ2n) is 8.31. The minimum absolute atomic E-state index is 0.0102. The van der Waals surface area contributed by atoms with Crippen LogP contribution in [0.3, 0.4) is 0 Å². The minimum atomic E-state index is -0.298. The van der Waals surface area contributed by atoms with Crippen LogP contribution in [0.1, 0.15) is 61.2 Å². The van der Waals surface area contributed by atoms with E-state index in [-0.39, 0.29) is 11.4 Å². The molecule has 1 aliphatic rings. The number of carbonyl (C=O) groups excluding carboxylic acids is 1. The first-order chi connectivity index (χ1) is 14.3. The molecule has 1 aliphatic heterocycles. The zero-order chi connectivity index (χ0) is 21.9. The van der Waals surface area contributed by atoms with Crippen LogP contribution in [-0.2, 0) is 0 Å². The van der Waals surface area contributed by atoms with Gasteiger partial charge in [-0.2, -0.15) is 5.10 Å². The lowest BCUT2D eigenvalue weighted by Crippen LogP contribution is -2.45. The Morgan fingerprint density at radius 3 is 2.67 bits per heavy atom. The predicted octanol–water partition coefficient (Wildman–Crippen LogP) is 5.18. The Balaban J connectivity index is 1.80. The zero-order valence-corrected chi connectivity index (χ0v) is 18.7. The molecule has 1 heterocycles. The maximum absolute atomic E-state index is 12.5. The lowest BCUT2D eigenvalue weighted by molar-refractivity contribution is 0.0952. The lowest BCUT2D eigenvalue weighted by atomic mass is 9.88. The quantitative estimate of drug-likeness (QED) is 0.532. The van der Waals surface area contributed by atoms with Gasteiger partial charge >= 0.3 is 0 Å². The van der Waals surface area contributed by atoms with Gasteiger partial charge in [0.15, 0.2) is 0 Å². The highest BCUT2D eigenvalue weighted by Crippen LogP contribution is 2.39. The smallest absolute Gasteiger partial charge is 0.275 e. The van der Waals surface area contributed by atoms with Crippen molar-refractivity contribution >= 4 is 23.4 Å². The SMILES string of the molecule is CCCN1c2ccc(/C=N\NC(=O)c3ccc(C)cc3OC)cc2C(C)=CC1(C)C. The highest BCUT2D eigenvalue weighted by Gasteiger charge is 2.30. The van der Waals surface area contributed by atoms with Crippen molar-refractivity contribution in [2.75, 3.05) is 18.6 Å². The van der Waals surface area contributed by atoms with Gasteiger partial charge in [-0.15, -0.1) is 0 Å². The number of nitrogens with one attached hydrogen (secondary N) is 1. The number of benzene rings is 2. The monoisotopic (exact) mass is 405 g/mol. The average Bonchev–Trinajstić information content (AvgIpc) is 2.70. The van der Waals surface area contributed by atoms with Crippen LogP contribution >= 0.6 is 0 Å². The number of hydrogen-bond acceptors (Lipinski definition) is 4. The fourth-order valence-corrected chi connectivity index (χ4v) is 4.03. The molecule has 0 unspecified atom stereocenters. The van der Waals surface area contributed by atoms with Crippen molar-refractivity contribution < 1.29 is 9.53 Å². The van der Waals surface area contributed by atoms with Crippen LogP contribution in [0.25, 0.3) is 5.57 Å². The Morgan fingerprint density at radius 1 is 1.20 bits per heavy atom. The van der Waals surface area contributed by atoms with Gasteiger partial charge in [-0.05, 0) is 75.1 Å². The first-order valence-electron chi connectivity index (χ1n) is 10.4. The van der Waals surface area contributed by atoms with E-state index in [0.29, 0.717) is 11.3 Å². The summed E-state index contributed by atoms with van der Waals surface area (Å²) < 4.78 is 5.31. The molecule has 2 aromatic rings. The van der Waals surface area contributed by atoms with Gasteiger partial charge in [0.2, 0.25) is 0 Å². The summed E-state index contributed by atoms with van der Waals surface area (Å²) >= 11 is 0. The Bertz CT molecular complexity index is 1010. The van der Waals surface area contributed by atoms with Gasteiger partial charge < -0.3 is 9.64 Å². The summed E-state index contributed by atoms with van der Waals surface area (Å²) in [5, 5.41) is 4.16. The number of nitrogens with zero attached hydrogens (tertiary/aromatic N) is 2. The largest absolute Gasteiger partial charge is 0.496 e. The molecule has 1 N–H and O–H groups in total. The van der Waals surface area contributed by atoms with Crippen molar-refractivity contribution in [3.8, 4) is 5.75 Å². The summed E-state index contributed by atoms with van der Waals surface area (Å²) in [5.74, 6) is 0.240. The van der Waals surface area contributed by atoms with Gasteiger partial charge in [-0.1, -0.05) is 25.1 Å². The highest BCUT2D eigenvalue weighted by molar-refractivity contribution is 5.97. The van der Waals surface area contributed by atoms with Crippen molar-refractivity contribution in [1.29, 1.82) is 0 Å². The van der Waals surface area contributed by atoms with E-state index in [1.54, 1.807) is 19.4 Å². The number of anilines is 1. The summed E-state index contributed by atoms with van der Waals surface area (Å²) in [6, 6.07) is 11.8. The van der Waals surface area contributed by atoms with Gasteiger partial charge in [0.05, 0.1) is 24.4 Å². The summed E-state index contributed by atoms with van der Waals surface area (Å²) in [5.41, 5.74) is 8.73. The summed E-state index contributed by atoms with van der Waals surface area (Å²) in [6.45, 7) is 11.8. The predicted molar refractivity (Wildman–Crippen MR) is 125 cm³/mol. The molecule has 30 heavy (non-hydrogen) atoms. The summed E-state index contributed by atoms with van der Waals surface area (Å²) in [7, 11) is 1.56. The molecule has 0 saturated heterocycles. The number of ether oxygens (including phenoxy) is 1. The normalized spacial score (nSPS) is 15.0. The number of fused-ring (bicyclic) bond motifs is 1. The van der Waals surface area contributed by atoms with E-state index in [4.69, 9.17) is 4.74 Å². The number of methoxy groups -OCH3 is 1. The van der Waals surface area contributed by atoms with Crippen molar-refractivity contribution in [3.63, 3.8) is 0 Å². The second-order valence-corrected chi connectivity index (χ2v) is 8.31. The number of hydrazone groups is 1. The maximum atomic E-state index is 12.5. The number of hydrogen-bond donors (Lipinski definition) is 1. The average molecular weight is 406 g/mol. The minimum Gasteiger partial charge on any atom is -0.496 e. The fourth-order valence-electron chi connectivity index (χ4n) is 4.03. The van der Waals surface area contributed by atoms with Crippen LogP contribution < -0.4 is 15.1 Å². The number of allylic oxidation sites excluding steroid dienone is 1. The summed E-state index contributed by atoms with van der Waals surface area (Å²) in [4.78, 5) is 14.9. The third-order valence-electron chi connectivity index (χ3n) is 5.43. The van der Waals surface area contributed by atoms with E-state index in [9.17, 15) is 4.79 Å². The van der Waals surface area contributed by atoms with Crippen LogP contribution in [0.4, 0.5) is 5.69 Å². The molecule has 0 aliphatic carbocycles. The molecule has 0 saturated carbocycles. The molecule has 0 radical (unpaired) electrons. The standard InChI is InChI=1S/C25H31N3O2/c1-7-12-28-22-11-9-19(14-21(22)18(3)15-25(28,4)5)16-26-27-24(29)20-10-8-17(2)13-23(20)30-6/h8-11,13-16H,7,12H2,1-6H3,(H,27,29)/b26-16-. The van der Waals surface area contributed by atoms with Crippen molar-refractivity contribution in [3.05, 3.63) is 64.7 Å². The van der Waals surface area contributed by atoms with Gasteiger partial charge in [0, 0.05) is 17.8 Å². The molecule has 3 rings (SSSR count). The fraction of sp³-hybridized carbons (Fsp3) is 0.360. The Kier molecular flexibility index (Phi) is 6.30. The van der Waals surface area contributed by atoms with Crippen molar-refractivity contribution in [2.45, 2.75) is 46.6 Å². The van der Waals surface area contributed by atoms with Crippen LogP contribution in [0.2, 0.25) is 0 Å². The first kappa shape index (κ1) is 21.6. The number of amides is 1. The molecular formula is C25H31N3O2. The number of rotatable bonds is 6. The molecule has 0 spiro atoms. The van der Waals surface area contributed by atoms with E-state index >= 15 is 0 Å². The molecule has 0 fully saturated rings. The molecule has 0 atom stereocenters. The third kappa shape index (κ3) is 4.40. The Labute approximate surface area is 179 Å². The lowest BCUT2D eigenvalue weighted by Gasteiger charge is -2.43.